The predicted molar refractivity (Wildman–Crippen MR) is 455 cm³/mol. The van der Waals surface area contributed by atoms with Crippen molar-refractivity contribution in [3.05, 3.63) is 0 Å². The fourth-order valence-corrected chi connectivity index (χ4v) is 15.9. The van der Waals surface area contributed by atoms with Crippen LogP contribution in [0.2, 0.25) is 0 Å². The summed E-state index contributed by atoms with van der Waals surface area (Å²) in [7, 11) is -9.94. The Morgan fingerprint density at radius 3 is 0.618 bits per heavy atom. The molecule has 110 heavy (non-hydrogen) atoms. The zero-order valence-corrected chi connectivity index (χ0v) is 74.4. The van der Waals surface area contributed by atoms with Gasteiger partial charge in [-0.25, -0.2) is 9.13 Å². The van der Waals surface area contributed by atoms with E-state index in [2.05, 4.69) is 41.5 Å². The Bertz CT molecular complexity index is 2100. The van der Waals surface area contributed by atoms with Gasteiger partial charge >= 0.3 is 39.5 Å². The summed E-state index contributed by atoms with van der Waals surface area (Å²) in [5.41, 5.74) is 0. The van der Waals surface area contributed by atoms with Crippen LogP contribution in [0.15, 0.2) is 0 Å². The molecule has 0 aliphatic rings. The van der Waals surface area contributed by atoms with E-state index in [-0.39, 0.29) is 25.7 Å². The van der Waals surface area contributed by atoms with Gasteiger partial charge in [0.1, 0.15) is 19.3 Å². The number of carbonyl (C=O) groups excluding carboxylic acids is 4. The van der Waals surface area contributed by atoms with E-state index in [1.165, 1.54) is 308 Å². The molecule has 0 amide bonds. The van der Waals surface area contributed by atoms with Gasteiger partial charge in [-0.1, -0.05) is 440 Å². The summed E-state index contributed by atoms with van der Waals surface area (Å²) in [5, 5.41) is 10.7. The highest BCUT2D eigenvalue weighted by Gasteiger charge is 2.31. The van der Waals surface area contributed by atoms with Gasteiger partial charge in [0.15, 0.2) is 12.2 Å². The second-order valence-corrected chi connectivity index (χ2v) is 36.6. The minimum Gasteiger partial charge on any atom is -0.462 e. The molecule has 0 fully saturated rings. The van der Waals surface area contributed by atoms with Crippen molar-refractivity contribution >= 4 is 39.5 Å². The van der Waals surface area contributed by atoms with Crippen molar-refractivity contribution in [2.75, 3.05) is 39.6 Å². The van der Waals surface area contributed by atoms with E-state index in [1.54, 1.807) is 0 Å². The third-order valence-corrected chi connectivity index (χ3v) is 23.4. The van der Waals surface area contributed by atoms with Crippen molar-refractivity contribution in [2.45, 2.75) is 509 Å². The number of rotatable bonds is 90. The number of hydrogen-bond acceptors (Lipinski definition) is 15. The summed E-state index contributed by atoms with van der Waals surface area (Å²) >= 11 is 0. The molecule has 0 bridgehead atoms. The second kappa shape index (κ2) is 82.2. The average Bonchev–Trinajstić information content (AvgIpc) is 0.898. The highest BCUT2D eigenvalue weighted by Crippen LogP contribution is 2.45. The Kier molecular flexibility index (Phi) is 80.7. The number of aliphatic hydroxyl groups is 1. The number of carbonyl (C=O) groups is 4. The largest absolute Gasteiger partial charge is 0.472 e. The standard InChI is InChI=1S/C91H178O17P2/c1-7-9-11-13-15-17-19-21-23-25-27-28-33-36-40-44-48-55-61-67-73-88(93)101-79-86(107-90(95)75-70-64-58-50-46-42-38-34-30-29-31-35-39-43-47-53-59-65-71-83(3)4)81-105-109(97,98)103-77-85(92)78-104-110(99,100)106-82-87(80-102-89(94)74-68-62-56-52-51-54-60-66-72-84(5)6)108-91(96)76-69-63-57-49-45-41-37-32-26-24-22-20-18-16-14-12-10-8-2/h83-87,92H,7-82H2,1-6H3,(H,97,98)(H,99,100)/t85-,86-,87-/m1/s1. The van der Waals surface area contributed by atoms with Crippen LogP contribution < -0.4 is 0 Å². The molecule has 0 aromatic carbocycles. The smallest absolute Gasteiger partial charge is 0.462 e. The van der Waals surface area contributed by atoms with Gasteiger partial charge in [0, 0.05) is 25.7 Å². The van der Waals surface area contributed by atoms with Crippen LogP contribution >= 0.6 is 15.6 Å². The van der Waals surface area contributed by atoms with E-state index in [1.807, 2.05) is 0 Å². The van der Waals surface area contributed by atoms with Gasteiger partial charge < -0.3 is 33.8 Å². The number of unbranched alkanes of at least 4 members (excludes halogenated alkanes) is 60. The lowest BCUT2D eigenvalue weighted by Crippen LogP contribution is -2.30. The van der Waals surface area contributed by atoms with Crippen LogP contribution in [0.5, 0.6) is 0 Å². The monoisotopic (exact) mass is 1610 g/mol. The molecule has 654 valence electrons. The Hall–Kier alpha value is -1.94. The van der Waals surface area contributed by atoms with Gasteiger partial charge in [-0.15, -0.1) is 0 Å². The van der Waals surface area contributed by atoms with Crippen molar-refractivity contribution in [2.24, 2.45) is 11.8 Å². The number of esters is 4. The maximum Gasteiger partial charge on any atom is 0.472 e. The van der Waals surface area contributed by atoms with Gasteiger partial charge in [0.2, 0.25) is 0 Å². The van der Waals surface area contributed by atoms with Crippen LogP contribution in [0.1, 0.15) is 491 Å². The highest BCUT2D eigenvalue weighted by molar-refractivity contribution is 7.47. The van der Waals surface area contributed by atoms with Gasteiger partial charge in [0.25, 0.3) is 0 Å². The van der Waals surface area contributed by atoms with E-state index in [4.69, 9.17) is 37.0 Å². The summed E-state index contributed by atoms with van der Waals surface area (Å²) in [6.45, 7) is 9.71. The SMILES string of the molecule is CCCCCCCCCCCCCCCCCCCCCCC(=O)OC[C@H](COP(=O)(O)OC[C@@H](O)COP(=O)(O)OC[C@@H](COC(=O)CCCCCCCCCCC(C)C)OC(=O)CCCCCCCCCCCCCCCCCCCC)OC(=O)CCCCCCCCCCCCCCCCCCCCC(C)C. The molecule has 3 N–H and O–H groups in total. The van der Waals surface area contributed by atoms with E-state index in [0.717, 1.165) is 102 Å². The van der Waals surface area contributed by atoms with Gasteiger partial charge in [-0.3, -0.25) is 37.3 Å². The van der Waals surface area contributed by atoms with Crippen molar-refractivity contribution in [1.29, 1.82) is 0 Å². The average molecular weight is 1610 g/mol. The number of ether oxygens (including phenoxy) is 4. The second-order valence-electron chi connectivity index (χ2n) is 33.6. The van der Waals surface area contributed by atoms with Gasteiger partial charge in [0.05, 0.1) is 26.4 Å². The summed E-state index contributed by atoms with van der Waals surface area (Å²) in [5.74, 6) is -0.550. The zero-order valence-electron chi connectivity index (χ0n) is 72.6. The molecule has 0 heterocycles. The molecular formula is C91H178O17P2. The van der Waals surface area contributed by atoms with Crippen LogP contribution in [0.3, 0.4) is 0 Å². The molecule has 0 saturated heterocycles. The normalized spacial score (nSPS) is 13.7. The first kappa shape index (κ1) is 108. The number of aliphatic hydroxyl groups excluding tert-OH is 1. The maximum absolute atomic E-state index is 13.2. The van der Waals surface area contributed by atoms with Crippen molar-refractivity contribution in [3.8, 4) is 0 Å². The lowest BCUT2D eigenvalue weighted by atomic mass is 10.0. The number of phosphoric ester groups is 2. The van der Waals surface area contributed by atoms with Gasteiger partial charge in [-0.05, 0) is 37.5 Å². The summed E-state index contributed by atoms with van der Waals surface area (Å²) < 4.78 is 69.1. The zero-order chi connectivity index (χ0) is 80.6. The lowest BCUT2D eigenvalue weighted by Gasteiger charge is -2.21. The molecule has 0 rings (SSSR count). The predicted octanol–water partition coefficient (Wildman–Crippen LogP) is 28.2. The Morgan fingerprint density at radius 2 is 0.418 bits per heavy atom. The third kappa shape index (κ3) is 84.0. The minimum absolute atomic E-state index is 0.108. The minimum atomic E-state index is -4.97. The molecule has 0 aromatic heterocycles. The van der Waals surface area contributed by atoms with Crippen LogP contribution in [-0.4, -0.2) is 96.7 Å². The summed E-state index contributed by atoms with van der Waals surface area (Å²) in [6.07, 6.45) is 76.6. The fraction of sp³-hybridized carbons (Fsp3) is 0.956. The molecule has 19 heteroatoms. The van der Waals surface area contributed by atoms with Crippen molar-refractivity contribution < 1.29 is 80.2 Å². The molecular weight excluding hydrogens is 1430 g/mol. The first-order valence-corrected chi connectivity index (χ1v) is 50.0. The maximum atomic E-state index is 13.2. The van der Waals surface area contributed by atoms with Gasteiger partial charge in [-0.2, -0.15) is 0 Å². The molecule has 0 aromatic rings. The Labute approximate surface area is 677 Å². The van der Waals surface area contributed by atoms with Crippen LogP contribution in [0.4, 0.5) is 0 Å². The van der Waals surface area contributed by atoms with E-state index in [0.29, 0.717) is 25.7 Å². The molecule has 0 spiro atoms. The highest BCUT2D eigenvalue weighted by atomic mass is 31.2. The molecule has 0 saturated carbocycles. The van der Waals surface area contributed by atoms with Crippen LogP contribution in [0, 0.1) is 11.8 Å². The fourth-order valence-electron chi connectivity index (χ4n) is 14.3. The first-order valence-electron chi connectivity index (χ1n) is 47.0. The van der Waals surface area contributed by atoms with E-state index in [9.17, 15) is 43.2 Å². The number of phosphoric acid groups is 2. The Morgan fingerprint density at radius 1 is 0.245 bits per heavy atom. The molecule has 2 unspecified atom stereocenters. The molecule has 17 nitrogen and oxygen atoms in total. The molecule has 0 aliphatic heterocycles. The van der Waals surface area contributed by atoms with Crippen molar-refractivity contribution in [3.63, 3.8) is 0 Å². The van der Waals surface area contributed by atoms with E-state index < -0.39 is 97.5 Å². The van der Waals surface area contributed by atoms with Crippen molar-refractivity contribution in [1.82, 2.24) is 0 Å². The molecule has 0 aliphatic carbocycles. The van der Waals surface area contributed by atoms with Crippen LogP contribution in [-0.2, 0) is 65.4 Å². The Balaban J connectivity index is 5.23. The quantitative estimate of drug-likeness (QED) is 0.0222. The topological polar surface area (TPSA) is 237 Å². The first-order chi connectivity index (χ1) is 53.4. The summed E-state index contributed by atoms with van der Waals surface area (Å²) in [4.78, 5) is 73.4. The molecule has 0 radical (unpaired) electrons. The van der Waals surface area contributed by atoms with E-state index >= 15 is 0 Å². The molecule has 5 atom stereocenters. The lowest BCUT2D eigenvalue weighted by molar-refractivity contribution is -0.161. The number of hydrogen-bond donors (Lipinski definition) is 3. The summed E-state index contributed by atoms with van der Waals surface area (Å²) in [6, 6.07) is 0. The third-order valence-electron chi connectivity index (χ3n) is 21.5. The van der Waals surface area contributed by atoms with Crippen LogP contribution in [0.25, 0.3) is 0 Å².